The van der Waals surface area contributed by atoms with E-state index in [4.69, 9.17) is 0 Å². The van der Waals surface area contributed by atoms with Gasteiger partial charge in [-0.15, -0.1) is 0 Å². The van der Waals surface area contributed by atoms with E-state index < -0.39 is 0 Å². The molecule has 4 nitrogen and oxygen atoms in total. The molecule has 11 aromatic rings. The smallest absolute Gasteiger partial charge is 0.0468 e. The van der Waals surface area contributed by atoms with Crippen molar-refractivity contribution in [2.45, 2.75) is 6.92 Å². The molecule has 0 unspecified atom stereocenters. The van der Waals surface area contributed by atoms with Gasteiger partial charge in [0.25, 0.3) is 0 Å². The van der Waals surface area contributed by atoms with Crippen molar-refractivity contribution >= 4 is 94.9 Å². The van der Waals surface area contributed by atoms with Crippen LogP contribution in [0.2, 0.25) is 0 Å². The maximum Gasteiger partial charge on any atom is 0.0468 e. The average molecular weight is 913 g/mol. The Morgan fingerprint density at radius 3 is 0.944 bits per heavy atom. The minimum absolute atomic E-state index is 1.03. The molecule has 0 saturated heterocycles. The highest BCUT2D eigenvalue weighted by molar-refractivity contribution is 5.92. The highest BCUT2D eigenvalue weighted by atomic mass is 15.2. The Bertz CT molecular complexity index is 3510. The van der Waals surface area contributed by atoms with Crippen LogP contribution in [-0.2, 0) is 0 Å². The molecule has 11 aromatic carbocycles. The SMILES string of the molecule is C=C/C=C\C(=C/C)N(c1ccc(N(c2ccc(N(c3ccccc3)c3ccc4ccccc4c3)cc2)c2ccc(N(c3ccccc3)c3ccc4ccccc4c3)cc2)cc1)c1ccc2ccccc2c1. The first-order valence-corrected chi connectivity index (χ1v) is 24.1. The molecule has 11 rings (SSSR count). The van der Waals surface area contributed by atoms with E-state index in [0.29, 0.717) is 0 Å². The summed E-state index contributed by atoms with van der Waals surface area (Å²) in [6.07, 6.45) is 8.07. The van der Waals surface area contributed by atoms with Crippen LogP contribution in [0.3, 0.4) is 0 Å². The van der Waals surface area contributed by atoms with Gasteiger partial charge in [0.15, 0.2) is 0 Å². The summed E-state index contributed by atoms with van der Waals surface area (Å²) in [5.41, 5.74) is 12.7. The van der Waals surface area contributed by atoms with Crippen LogP contribution >= 0.6 is 0 Å². The predicted octanol–water partition coefficient (Wildman–Crippen LogP) is 19.3. The monoisotopic (exact) mass is 912 g/mol. The van der Waals surface area contributed by atoms with E-state index in [1.165, 1.54) is 32.3 Å². The molecule has 0 aliphatic rings. The fraction of sp³-hybridized carbons (Fsp3) is 0.0149. The van der Waals surface area contributed by atoms with Gasteiger partial charge < -0.3 is 19.6 Å². The Labute approximate surface area is 416 Å². The number of fused-ring (bicyclic) bond motifs is 3. The van der Waals surface area contributed by atoms with Gasteiger partial charge in [-0.1, -0.05) is 152 Å². The Morgan fingerprint density at radius 1 is 0.296 bits per heavy atom. The summed E-state index contributed by atoms with van der Waals surface area (Å²) in [5, 5.41) is 7.22. The van der Waals surface area contributed by atoms with Crippen molar-refractivity contribution in [1.29, 1.82) is 0 Å². The summed E-state index contributed by atoms with van der Waals surface area (Å²) < 4.78 is 0. The van der Waals surface area contributed by atoms with Crippen LogP contribution in [-0.4, -0.2) is 0 Å². The highest BCUT2D eigenvalue weighted by Gasteiger charge is 2.20. The first kappa shape index (κ1) is 44.1. The number of benzene rings is 11. The molecule has 0 amide bonds. The summed E-state index contributed by atoms with van der Waals surface area (Å²) in [7, 11) is 0. The lowest BCUT2D eigenvalue weighted by molar-refractivity contribution is 1.20. The van der Waals surface area contributed by atoms with Gasteiger partial charge in [0, 0.05) is 68.3 Å². The number of hydrogen-bond acceptors (Lipinski definition) is 4. The molecule has 4 heteroatoms. The predicted molar refractivity (Wildman–Crippen MR) is 305 cm³/mol. The molecule has 71 heavy (non-hydrogen) atoms. The molecule has 0 aliphatic heterocycles. The summed E-state index contributed by atoms with van der Waals surface area (Å²) in [4.78, 5) is 9.31. The first-order valence-electron chi connectivity index (χ1n) is 24.1. The zero-order chi connectivity index (χ0) is 47.9. The van der Waals surface area contributed by atoms with Crippen LogP contribution in [0.4, 0.5) is 62.6 Å². The zero-order valence-corrected chi connectivity index (χ0v) is 39.6. The molecule has 0 heterocycles. The average Bonchev–Trinajstić information content (AvgIpc) is 3.44. The van der Waals surface area contributed by atoms with E-state index in [9.17, 15) is 0 Å². The molecule has 0 atom stereocenters. The number of anilines is 11. The molecule has 0 spiro atoms. The third-order valence-corrected chi connectivity index (χ3v) is 13.1. The van der Waals surface area contributed by atoms with Crippen LogP contribution in [0.5, 0.6) is 0 Å². The van der Waals surface area contributed by atoms with Crippen LogP contribution in [0, 0.1) is 0 Å². The topological polar surface area (TPSA) is 13.0 Å². The van der Waals surface area contributed by atoms with E-state index in [1.807, 2.05) is 12.2 Å². The fourth-order valence-corrected chi connectivity index (χ4v) is 9.61. The molecule has 0 aromatic heterocycles. The van der Waals surface area contributed by atoms with Crippen LogP contribution in [0.15, 0.2) is 297 Å². The van der Waals surface area contributed by atoms with Gasteiger partial charge in [0.2, 0.25) is 0 Å². The normalized spacial score (nSPS) is 11.5. The van der Waals surface area contributed by atoms with Crippen molar-refractivity contribution in [1.82, 2.24) is 0 Å². The number of nitrogens with zero attached hydrogens (tertiary/aromatic N) is 4. The Kier molecular flexibility index (Phi) is 12.5. The summed E-state index contributed by atoms with van der Waals surface area (Å²) >= 11 is 0. The number of allylic oxidation sites excluding steroid dienone is 4. The molecular formula is C67H52N4. The molecule has 0 fully saturated rings. The summed E-state index contributed by atoms with van der Waals surface area (Å²) in [6.45, 7) is 6.05. The van der Waals surface area contributed by atoms with Crippen molar-refractivity contribution in [3.05, 3.63) is 297 Å². The Balaban J connectivity index is 1.02. The molecule has 0 aliphatic carbocycles. The van der Waals surface area contributed by atoms with Crippen LogP contribution in [0.25, 0.3) is 32.3 Å². The largest absolute Gasteiger partial charge is 0.311 e. The summed E-state index contributed by atoms with van der Waals surface area (Å²) in [6, 6.07) is 93.6. The first-order chi connectivity index (χ1) is 35.1. The molecule has 0 saturated carbocycles. The number of hydrogen-bond donors (Lipinski definition) is 0. The van der Waals surface area contributed by atoms with Gasteiger partial charge in [-0.3, -0.25) is 0 Å². The van der Waals surface area contributed by atoms with E-state index in [0.717, 1.165) is 68.3 Å². The number of para-hydroxylation sites is 2. The molecule has 0 N–H and O–H groups in total. The fourth-order valence-electron chi connectivity index (χ4n) is 9.61. The highest BCUT2D eigenvalue weighted by Crippen LogP contribution is 2.43. The molecular weight excluding hydrogens is 861 g/mol. The minimum Gasteiger partial charge on any atom is -0.311 e. The van der Waals surface area contributed by atoms with Crippen LogP contribution < -0.4 is 19.6 Å². The zero-order valence-electron chi connectivity index (χ0n) is 39.6. The van der Waals surface area contributed by atoms with Gasteiger partial charge >= 0.3 is 0 Å². The minimum atomic E-state index is 1.03. The Hall–Kier alpha value is -9.38. The van der Waals surface area contributed by atoms with E-state index in [2.05, 4.69) is 306 Å². The quantitative estimate of drug-likeness (QED) is 0.101. The Morgan fingerprint density at radius 2 is 0.577 bits per heavy atom. The third-order valence-electron chi connectivity index (χ3n) is 13.1. The maximum absolute atomic E-state index is 3.97. The van der Waals surface area contributed by atoms with Crippen molar-refractivity contribution < 1.29 is 0 Å². The van der Waals surface area contributed by atoms with Gasteiger partial charge in [0.05, 0.1) is 0 Å². The maximum atomic E-state index is 3.97. The lowest BCUT2D eigenvalue weighted by Crippen LogP contribution is -2.16. The van der Waals surface area contributed by atoms with Gasteiger partial charge in [-0.05, 0) is 179 Å². The van der Waals surface area contributed by atoms with E-state index >= 15 is 0 Å². The number of rotatable bonds is 14. The lowest BCUT2D eigenvalue weighted by atomic mass is 10.1. The second-order valence-electron chi connectivity index (χ2n) is 17.5. The van der Waals surface area contributed by atoms with Gasteiger partial charge in [-0.2, -0.15) is 0 Å². The van der Waals surface area contributed by atoms with Crippen molar-refractivity contribution in [2.75, 3.05) is 19.6 Å². The second-order valence-corrected chi connectivity index (χ2v) is 17.5. The van der Waals surface area contributed by atoms with E-state index in [-0.39, 0.29) is 0 Å². The van der Waals surface area contributed by atoms with Crippen molar-refractivity contribution in [3.63, 3.8) is 0 Å². The lowest BCUT2D eigenvalue weighted by Gasteiger charge is -2.30. The van der Waals surface area contributed by atoms with Crippen molar-refractivity contribution in [3.8, 4) is 0 Å². The molecule has 0 radical (unpaired) electrons. The van der Waals surface area contributed by atoms with Crippen molar-refractivity contribution in [2.24, 2.45) is 0 Å². The third kappa shape index (κ3) is 9.18. The summed E-state index contributed by atoms with van der Waals surface area (Å²) in [5.74, 6) is 0. The van der Waals surface area contributed by atoms with Gasteiger partial charge in [-0.25, -0.2) is 0 Å². The molecule has 0 bridgehead atoms. The standard InChI is InChI=1S/C67H52N4/c1-3-5-24-56(4-2)68(65-32-29-50-18-12-15-21-53(50)47-65)59-35-37-60(38-36-59)69(61-39-43-63(44-40-61)70(57-25-8-6-9-26-57)66-33-30-51-19-13-16-22-54(51)48-66)62-41-45-64(46-42-62)71(58-27-10-7-11-28-58)67-34-31-52-20-14-17-23-55(52)49-67/h3-49H,1H2,2H3/b24-5-,56-4+. The van der Waals surface area contributed by atoms with E-state index in [1.54, 1.807) is 0 Å². The van der Waals surface area contributed by atoms with Crippen LogP contribution in [0.1, 0.15) is 6.92 Å². The van der Waals surface area contributed by atoms with Gasteiger partial charge in [0.1, 0.15) is 0 Å². The molecule has 340 valence electrons. The second kappa shape index (κ2) is 20.1.